The van der Waals surface area contributed by atoms with E-state index in [2.05, 4.69) is 31.2 Å². The molecule has 1 rings (SSSR count). The van der Waals surface area contributed by atoms with Crippen LogP contribution < -0.4 is 5.32 Å². The molecule has 0 aromatic carbocycles. The van der Waals surface area contributed by atoms with Gasteiger partial charge in [0.05, 0.1) is 36.1 Å². The molecular formula is C14H26ClN3O. The van der Waals surface area contributed by atoms with Crippen LogP contribution >= 0.6 is 11.6 Å². The molecule has 1 heterocycles. The Labute approximate surface area is 121 Å². The molecule has 0 aliphatic carbocycles. The van der Waals surface area contributed by atoms with Crippen LogP contribution in [0.5, 0.6) is 0 Å². The van der Waals surface area contributed by atoms with Crippen molar-refractivity contribution >= 4 is 11.6 Å². The fraction of sp³-hybridized carbons (Fsp3) is 0.786. The zero-order valence-corrected chi connectivity index (χ0v) is 13.2. The van der Waals surface area contributed by atoms with E-state index >= 15 is 0 Å². The van der Waals surface area contributed by atoms with E-state index in [1.54, 1.807) is 13.3 Å². The minimum atomic E-state index is 0.256. The summed E-state index contributed by atoms with van der Waals surface area (Å²) in [5.41, 5.74) is 1.08. The maximum atomic E-state index is 6.32. The molecule has 1 unspecified atom stereocenters. The largest absolute Gasteiger partial charge is 0.383 e. The van der Waals surface area contributed by atoms with Crippen LogP contribution in [-0.4, -0.2) is 30.0 Å². The van der Waals surface area contributed by atoms with Crippen molar-refractivity contribution in [3.8, 4) is 0 Å². The Bertz CT molecular complexity index is 366. The van der Waals surface area contributed by atoms with Crippen molar-refractivity contribution in [1.29, 1.82) is 0 Å². The number of hydrogen-bond acceptors (Lipinski definition) is 3. The number of hydrogen-bond donors (Lipinski definition) is 1. The fourth-order valence-electron chi connectivity index (χ4n) is 2.16. The van der Waals surface area contributed by atoms with Gasteiger partial charge in [-0.15, -0.1) is 0 Å². The van der Waals surface area contributed by atoms with Crippen molar-refractivity contribution in [2.75, 3.05) is 20.3 Å². The van der Waals surface area contributed by atoms with Crippen LogP contribution in [0.2, 0.25) is 5.02 Å². The van der Waals surface area contributed by atoms with Gasteiger partial charge in [-0.05, 0) is 25.3 Å². The molecule has 0 aliphatic rings. The van der Waals surface area contributed by atoms with Gasteiger partial charge in [0.1, 0.15) is 0 Å². The monoisotopic (exact) mass is 287 g/mol. The molecule has 1 atom stereocenters. The van der Waals surface area contributed by atoms with Gasteiger partial charge in [0, 0.05) is 7.11 Å². The average Bonchev–Trinajstić information content (AvgIpc) is 2.73. The normalized spacial score (nSPS) is 13.2. The number of nitrogens with one attached hydrogen (secondary N) is 1. The molecule has 1 aromatic rings. The molecule has 19 heavy (non-hydrogen) atoms. The third-order valence-corrected chi connectivity index (χ3v) is 3.31. The van der Waals surface area contributed by atoms with E-state index in [1.807, 2.05) is 4.68 Å². The molecule has 5 heteroatoms. The first-order chi connectivity index (χ1) is 9.10. The van der Waals surface area contributed by atoms with Crippen molar-refractivity contribution < 1.29 is 4.74 Å². The fourth-order valence-corrected chi connectivity index (χ4v) is 2.43. The van der Waals surface area contributed by atoms with Crippen molar-refractivity contribution in [1.82, 2.24) is 15.1 Å². The summed E-state index contributed by atoms with van der Waals surface area (Å²) < 4.78 is 7.09. The van der Waals surface area contributed by atoms with Gasteiger partial charge in [0.25, 0.3) is 0 Å². The third-order valence-electron chi connectivity index (χ3n) is 3.02. The Hall–Kier alpha value is -0.580. The summed E-state index contributed by atoms with van der Waals surface area (Å²) >= 11 is 6.32. The first-order valence-corrected chi connectivity index (χ1v) is 7.41. The molecule has 0 amide bonds. The SMILES string of the molecule is CCCNC(CC(C)C)c1c(Cl)cnn1CCOC. The number of methoxy groups -OCH3 is 1. The first-order valence-electron chi connectivity index (χ1n) is 7.03. The first kappa shape index (κ1) is 16.5. The second-order valence-electron chi connectivity index (χ2n) is 5.23. The summed E-state index contributed by atoms with van der Waals surface area (Å²) in [7, 11) is 1.70. The van der Waals surface area contributed by atoms with Gasteiger partial charge in [-0.3, -0.25) is 4.68 Å². The van der Waals surface area contributed by atoms with Gasteiger partial charge in [-0.25, -0.2) is 0 Å². The molecule has 0 bridgehead atoms. The lowest BCUT2D eigenvalue weighted by atomic mass is 10.0. The topological polar surface area (TPSA) is 39.1 Å². The lowest BCUT2D eigenvalue weighted by molar-refractivity contribution is 0.181. The molecule has 0 saturated heterocycles. The van der Waals surface area contributed by atoms with E-state index in [1.165, 1.54) is 0 Å². The molecule has 0 saturated carbocycles. The van der Waals surface area contributed by atoms with Crippen LogP contribution in [-0.2, 0) is 11.3 Å². The van der Waals surface area contributed by atoms with Gasteiger partial charge in [-0.2, -0.15) is 5.10 Å². The van der Waals surface area contributed by atoms with Gasteiger partial charge < -0.3 is 10.1 Å². The number of nitrogens with zero attached hydrogens (tertiary/aromatic N) is 2. The molecular weight excluding hydrogens is 262 g/mol. The van der Waals surface area contributed by atoms with Crippen LogP contribution in [0.1, 0.15) is 45.3 Å². The van der Waals surface area contributed by atoms with E-state index in [0.29, 0.717) is 12.5 Å². The number of aromatic nitrogens is 2. The molecule has 110 valence electrons. The molecule has 0 spiro atoms. The molecule has 0 radical (unpaired) electrons. The van der Waals surface area contributed by atoms with E-state index < -0.39 is 0 Å². The highest BCUT2D eigenvalue weighted by Crippen LogP contribution is 2.27. The lowest BCUT2D eigenvalue weighted by Gasteiger charge is -2.22. The second kappa shape index (κ2) is 8.56. The molecule has 1 aromatic heterocycles. The number of rotatable bonds is 9. The van der Waals surface area contributed by atoms with E-state index in [-0.39, 0.29) is 6.04 Å². The standard InChI is InChI=1S/C14H26ClN3O/c1-5-6-16-13(9-11(2)3)14-12(15)10-17-18(14)7-8-19-4/h10-11,13,16H,5-9H2,1-4H3. The van der Waals surface area contributed by atoms with Crippen molar-refractivity contribution in [2.24, 2.45) is 5.92 Å². The molecule has 0 fully saturated rings. The Balaban J connectivity index is 2.88. The molecule has 0 aliphatic heterocycles. The quantitative estimate of drug-likeness (QED) is 0.758. The van der Waals surface area contributed by atoms with Gasteiger partial charge in [0.2, 0.25) is 0 Å². The van der Waals surface area contributed by atoms with Crippen LogP contribution in [0.4, 0.5) is 0 Å². The summed E-state index contributed by atoms with van der Waals surface area (Å²) in [6.07, 6.45) is 3.89. The summed E-state index contributed by atoms with van der Waals surface area (Å²) in [5, 5.41) is 8.67. The minimum Gasteiger partial charge on any atom is -0.383 e. The van der Waals surface area contributed by atoms with Crippen LogP contribution in [0.15, 0.2) is 6.20 Å². The van der Waals surface area contributed by atoms with E-state index in [9.17, 15) is 0 Å². The minimum absolute atomic E-state index is 0.256. The van der Waals surface area contributed by atoms with E-state index in [0.717, 1.165) is 36.6 Å². The van der Waals surface area contributed by atoms with Crippen molar-refractivity contribution in [2.45, 2.75) is 46.2 Å². The van der Waals surface area contributed by atoms with Gasteiger partial charge in [0.15, 0.2) is 0 Å². The summed E-state index contributed by atoms with van der Waals surface area (Å²) in [4.78, 5) is 0. The van der Waals surface area contributed by atoms with E-state index in [4.69, 9.17) is 16.3 Å². The lowest BCUT2D eigenvalue weighted by Crippen LogP contribution is -2.27. The maximum absolute atomic E-state index is 6.32. The summed E-state index contributed by atoms with van der Waals surface area (Å²) in [6, 6.07) is 0.256. The van der Waals surface area contributed by atoms with Crippen LogP contribution in [0.3, 0.4) is 0 Å². The Morgan fingerprint density at radius 1 is 1.47 bits per heavy atom. The van der Waals surface area contributed by atoms with Gasteiger partial charge >= 0.3 is 0 Å². The van der Waals surface area contributed by atoms with Crippen molar-refractivity contribution in [3.63, 3.8) is 0 Å². The van der Waals surface area contributed by atoms with Gasteiger partial charge in [-0.1, -0.05) is 32.4 Å². The highest BCUT2D eigenvalue weighted by Gasteiger charge is 2.20. The number of ether oxygens (including phenoxy) is 1. The maximum Gasteiger partial charge on any atom is 0.0834 e. The molecule has 1 N–H and O–H groups in total. The highest BCUT2D eigenvalue weighted by atomic mass is 35.5. The summed E-state index contributed by atoms with van der Waals surface area (Å²) in [6.45, 7) is 9.00. The molecule has 4 nitrogen and oxygen atoms in total. The Morgan fingerprint density at radius 3 is 2.79 bits per heavy atom. The summed E-state index contributed by atoms with van der Waals surface area (Å²) in [5.74, 6) is 0.608. The predicted molar refractivity (Wildman–Crippen MR) is 79.6 cm³/mol. The Morgan fingerprint density at radius 2 is 2.21 bits per heavy atom. The number of halogens is 1. The Kier molecular flexibility index (Phi) is 7.42. The predicted octanol–water partition coefficient (Wildman–Crippen LogP) is 3.27. The second-order valence-corrected chi connectivity index (χ2v) is 5.64. The third kappa shape index (κ3) is 5.13. The zero-order chi connectivity index (χ0) is 14.3. The average molecular weight is 288 g/mol. The smallest absolute Gasteiger partial charge is 0.0834 e. The van der Waals surface area contributed by atoms with Crippen molar-refractivity contribution in [3.05, 3.63) is 16.9 Å². The highest BCUT2D eigenvalue weighted by molar-refractivity contribution is 6.31. The van der Waals surface area contributed by atoms with Crippen LogP contribution in [0.25, 0.3) is 0 Å². The zero-order valence-electron chi connectivity index (χ0n) is 12.4. The van der Waals surface area contributed by atoms with Crippen LogP contribution in [0, 0.1) is 5.92 Å².